The highest BCUT2D eigenvalue weighted by Crippen LogP contribution is 2.16. The van der Waals surface area contributed by atoms with Gasteiger partial charge in [0.15, 0.2) is 0 Å². The summed E-state index contributed by atoms with van der Waals surface area (Å²) >= 11 is 1.72. The normalized spacial score (nSPS) is 22.1. The van der Waals surface area contributed by atoms with E-state index >= 15 is 0 Å². The van der Waals surface area contributed by atoms with Gasteiger partial charge in [-0.05, 0) is 0 Å². The largest absolute Gasteiger partial charge is 0.480 e. The lowest BCUT2D eigenvalue weighted by Crippen LogP contribution is -2.48. The van der Waals surface area contributed by atoms with Gasteiger partial charge in [0.25, 0.3) is 0 Å². The Kier molecular flexibility index (Phi) is 3.84. The van der Waals surface area contributed by atoms with Crippen LogP contribution in [0.4, 0.5) is 0 Å². The molecule has 1 unspecified atom stereocenters. The second-order valence-electron chi connectivity index (χ2n) is 3.77. The maximum Gasteiger partial charge on any atom is 0.321 e. The van der Waals surface area contributed by atoms with Crippen molar-refractivity contribution >= 4 is 17.7 Å². The molecule has 2 heterocycles. The first-order valence-corrected chi connectivity index (χ1v) is 6.43. The number of carboxylic acids is 1. The minimum absolute atomic E-state index is 0.331. The highest BCUT2D eigenvalue weighted by Gasteiger charge is 2.28. The summed E-state index contributed by atoms with van der Waals surface area (Å²) in [5.41, 5.74) is 0. The molecule has 0 amide bonds. The van der Waals surface area contributed by atoms with Crippen molar-refractivity contribution in [3.05, 3.63) is 18.7 Å². The van der Waals surface area contributed by atoms with Crippen LogP contribution in [0.15, 0.2) is 18.7 Å². The molecule has 1 atom stereocenters. The van der Waals surface area contributed by atoms with Crippen molar-refractivity contribution in [2.75, 3.05) is 24.6 Å². The highest BCUT2D eigenvalue weighted by molar-refractivity contribution is 7.99. The van der Waals surface area contributed by atoms with Crippen LogP contribution < -0.4 is 0 Å². The van der Waals surface area contributed by atoms with Crippen molar-refractivity contribution in [1.29, 1.82) is 0 Å². The number of rotatable bonds is 4. The van der Waals surface area contributed by atoms with Crippen LogP contribution in [0, 0.1) is 0 Å². The highest BCUT2D eigenvalue weighted by atomic mass is 32.2. The molecular formula is C10H15N3O2S. The second kappa shape index (κ2) is 5.36. The third-order valence-corrected chi connectivity index (χ3v) is 3.75. The summed E-state index contributed by atoms with van der Waals surface area (Å²) < 4.78 is 1.97. The van der Waals surface area contributed by atoms with Crippen LogP contribution in [0.5, 0.6) is 0 Å². The van der Waals surface area contributed by atoms with Crippen molar-refractivity contribution in [2.24, 2.45) is 0 Å². The molecule has 1 aromatic heterocycles. The van der Waals surface area contributed by atoms with Crippen LogP contribution in [0.2, 0.25) is 0 Å². The smallest absolute Gasteiger partial charge is 0.321 e. The lowest BCUT2D eigenvalue weighted by Gasteiger charge is -2.32. The monoisotopic (exact) mass is 241 g/mol. The summed E-state index contributed by atoms with van der Waals surface area (Å²) in [5, 5.41) is 9.09. The van der Waals surface area contributed by atoms with E-state index < -0.39 is 5.97 Å². The molecule has 1 aliphatic rings. The molecule has 0 saturated carbocycles. The van der Waals surface area contributed by atoms with Gasteiger partial charge in [0, 0.05) is 43.5 Å². The number of aliphatic carboxylic acids is 1. The van der Waals surface area contributed by atoms with Gasteiger partial charge in [-0.25, -0.2) is 4.98 Å². The Morgan fingerprint density at radius 2 is 2.44 bits per heavy atom. The van der Waals surface area contributed by atoms with Crippen LogP contribution >= 0.6 is 11.8 Å². The fourth-order valence-corrected chi connectivity index (χ4v) is 2.90. The molecule has 1 fully saturated rings. The fourth-order valence-electron chi connectivity index (χ4n) is 1.80. The van der Waals surface area contributed by atoms with Gasteiger partial charge in [-0.3, -0.25) is 9.69 Å². The molecule has 0 bridgehead atoms. The summed E-state index contributed by atoms with van der Waals surface area (Å²) in [7, 11) is 0. The lowest BCUT2D eigenvalue weighted by atomic mass is 10.2. The van der Waals surface area contributed by atoms with E-state index in [2.05, 4.69) is 4.98 Å². The van der Waals surface area contributed by atoms with Crippen molar-refractivity contribution in [1.82, 2.24) is 14.5 Å². The maximum atomic E-state index is 11.1. The third kappa shape index (κ3) is 2.76. The van der Waals surface area contributed by atoms with Crippen molar-refractivity contribution < 1.29 is 9.90 Å². The molecule has 0 aliphatic carbocycles. The molecule has 1 aliphatic heterocycles. The molecule has 1 saturated heterocycles. The Bertz CT molecular complexity index is 342. The molecule has 2 rings (SSSR count). The van der Waals surface area contributed by atoms with Crippen LogP contribution in [-0.4, -0.2) is 56.2 Å². The first-order valence-electron chi connectivity index (χ1n) is 5.28. The average molecular weight is 241 g/mol. The predicted molar refractivity (Wildman–Crippen MR) is 62.5 cm³/mol. The zero-order valence-corrected chi connectivity index (χ0v) is 9.77. The summed E-state index contributed by atoms with van der Waals surface area (Å²) in [5.74, 6) is 1.00. The summed E-state index contributed by atoms with van der Waals surface area (Å²) in [6.45, 7) is 2.43. The number of thioether (sulfide) groups is 1. The third-order valence-electron chi connectivity index (χ3n) is 2.73. The minimum Gasteiger partial charge on any atom is -0.480 e. The van der Waals surface area contributed by atoms with Crippen LogP contribution in [0.1, 0.15) is 0 Å². The van der Waals surface area contributed by atoms with Crippen molar-refractivity contribution in [3.63, 3.8) is 0 Å². The van der Waals surface area contributed by atoms with Gasteiger partial charge >= 0.3 is 5.97 Å². The Balaban J connectivity index is 1.89. The molecular weight excluding hydrogens is 226 g/mol. The lowest BCUT2D eigenvalue weighted by molar-refractivity contribution is -0.142. The molecule has 0 radical (unpaired) electrons. The quantitative estimate of drug-likeness (QED) is 0.826. The molecule has 5 nitrogen and oxygen atoms in total. The summed E-state index contributed by atoms with van der Waals surface area (Å²) in [4.78, 5) is 17.1. The van der Waals surface area contributed by atoms with Gasteiger partial charge in [0.1, 0.15) is 6.04 Å². The number of hydrogen-bond donors (Lipinski definition) is 1. The molecule has 0 aromatic carbocycles. The van der Waals surface area contributed by atoms with Crippen LogP contribution in [-0.2, 0) is 11.3 Å². The predicted octanol–water partition coefficient (Wildman–Crippen LogP) is 0.385. The Morgan fingerprint density at radius 3 is 3.12 bits per heavy atom. The van der Waals surface area contributed by atoms with E-state index in [9.17, 15) is 4.79 Å². The maximum absolute atomic E-state index is 11.1. The van der Waals surface area contributed by atoms with Gasteiger partial charge in [0.05, 0.1) is 6.33 Å². The van der Waals surface area contributed by atoms with Gasteiger partial charge < -0.3 is 9.67 Å². The minimum atomic E-state index is -0.710. The van der Waals surface area contributed by atoms with E-state index in [1.807, 2.05) is 15.7 Å². The zero-order chi connectivity index (χ0) is 11.4. The topological polar surface area (TPSA) is 58.4 Å². The number of carbonyl (C=O) groups is 1. The molecule has 16 heavy (non-hydrogen) atoms. The van der Waals surface area contributed by atoms with Crippen molar-refractivity contribution in [3.8, 4) is 0 Å². The van der Waals surface area contributed by atoms with Crippen molar-refractivity contribution in [2.45, 2.75) is 12.6 Å². The van der Waals surface area contributed by atoms with Crippen LogP contribution in [0.3, 0.4) is 0 Å². The number of carboxylic acid groups (broad SMARTS) is 1. The number of nitrogens with zero attached hydrogens (tertiary/aromatic N) is 3. The summed E-state index contributed by atoms with van der Waals surface area (Å²) in [6, 6.07) is -0.331. The second-order valence-corrected chi connectivity index (χ2v) is 4.92. The van der Waals surface area contributed by atoms with Gasteiger partial charge in [-0.2, -0.15) is 11.8 Å². The van der Waals surface area contributed by atoms with Gasteiger partial charge in [-0.15, -0.1) is 0 Å². The number of aromatic nitrogens is 2. The number of imidazole rings is 1. The van der Waals surface area contributed by atoms with E-state index in [4.69, 9.17) is 5.11 Å². The van der Waals surface area contributed by atoms with E-state index in [0.717, 1.165) is 25.4 Å². The molecule has 88 valence electrons. The number of hydrogen-bond acceptors (Lipinski definition) is 4. The van der Waals surface area contributed by atoms with E-state index in [1.54, 1.807) is 24.3 Å². The van der Waals surface area contributed by atoms with Gasteiger partial charge in [0.2, 0.25) is 0 Å². The van der Waals surface area contributed by atoms with E-state index in [0.29, 0.717) is 5.75 Å². The summed E-state index contributed by atoms with van der Waals surface area (Å²) in [6.07, 6.45) is 5.39. The molecule has 1 aromatic rings. The zero-order valence-electron chi connectivity index (χ0n) is 8.95. The molecule has 0 spiro atoms. The van der Waals surface area contributed by atoms with E-state index in [-0.39, 0.29) is 6.04 Å². The Morgan fingerprint density at radius 1 is 1.56 bits per heavy atom. The van der Waals surface area contributed by atoms with Gasteiger partial charge in [-0.1, -0.05) is 0 Å². The van der Waals surface area contributed by atoms with Crippen LogP contribution in [0.25, 0.3) is 0 Å². The first-order chi connectivity index (χ1) is 7.77. The SMILES string of the molecule is O=C(O)C1CSCCN1CCn1ccnc1. The first kappa shape index (κ1) is 11.5. The standard InChI is InChI=1S/C10H15N3O2S/c14-10(15)9-7-16-6-5-13(9)4-3-12-2-1-11-8-12/h1-2,8-9H,3-7H2,(H,14,15). The average Bonchev–Trinajstić information content (AvgIpc) is 2.79. The van der Waals surface area contributed by atoms with E-state index in [1.165, 1.54) is 0 Å². The fraction of sp³-hybridized carbons (Fsp3) is 0.600. The Hall–Kier alpha value is -1.01. The molecule has 1 N–H and O–H groups in total. The Labute approximate surface area is 98.5 Å². The molecule has 6 heteroatoms.